The van der Waals surface area contributed by atoms with Gasteiger partial charge in [-0.1, -0.05) is 44.2 Å². The van der Waals surface area contributed by atoms with Crippen molar-refractivity contribution < 1.29 is 14.6 Å². The highest BCUT2D eigenvalue weighted by Crippen LogP contribution is 2.32. The Hall–Kier alpha value is -1.39. The zero-order valence-corrected chi connectivity index (χ0v) is 12.8. The Morgan fingerprint density at radius 3 is 2.62 bits per heavy atom. The van der Waals surface area contributed by atoms with Gasteiger partial charge < -0.3 is 9.84 Å². The molecule has 1 fully saturated rings. The van der Waals surface area contributed by atoms with Gasteiger partial charge in [0.2, 0.25) is 0 Å². The number of hydrogen-bond acceptors (Lipinski definition) is 3. The molecule has 0 saturated carbocycles. The normalized spacial score (nSPS) is 22.7. The summed E-state index contributed by atoms with van der Waals surface area (Å²) in [7, 11) is 0. The second-order valence-corrected chi connectivity index (χ2v) is 5.78. The van der Waals surface area contributed by atoms with Crippen LogP contribution >= 0.6 is 0 Å². The number of nitrogens with one attached hydrogen (secondary N) is 1. The first kappa shape index (κ1) is 16.0. The first-order valence-electron chi connectivity index (χ1n) is 7.78. The maximum atomic E-state index is 11.6. The number of ether oxygens (including phenoxy) is 1. The van der Waals surface area contributed by atoms with E-state index >= 15 is 0 Å². The van der Waals surface area contributed by atoms with E-state index in [4.69, 9.17) is 4.74 Å². The molecule has 0 spiro atoms. The molecule has 1 aromatic rings. The third-order valence-electron chi connectivity index (χ3n) is 4.56. The highest BCUT2D eigenvalue weighted by Gasteiger charge is 2.36. The highest BCUT2D eigenvalue weighted by molar-refractivity contribution is 5.75. The molecule has 1 aliphatic rings. The molecule has 0 amide bonds. The van der Waals surface area contributed by atoms with Crippen LogP contribution in [0.15, 0.2) is 30.3 Å². The van der Waals surface area contributed by atoms with E-state index in [0.717, 1.165) is 31.2 Å². The van der Waals surface area contributed by atoms with Crippen molar-refractivity contribution in [1.82, 2.24) is 5.32 Å². The molecule has 4 nitrogen and oxygen atoms in total. The summed E-state index contributed by atoms with van der Waals surface area (Å²) in [5.41, 5.74) is 0.699. The molecule has 2 atom stereocenters. The monoisotopic (exact) mass is 291 g/mol. The summed E-state index contributed by atoms with van der Waals surface area (Å²) in [6.07, 6.45) is 3.66. The lowest BCUT2D eigenvalue weighted by molar-refractivity contribution is -0.141. The van der Waals surface area contributed by atoms with Gasteiger partial charge in [0.05, 0.1) is 5.60 Å². The summed E-state index contributed by atoms with van der Waals surface area (Å²) >= 11 is 0. The molecular formula is C17H25NO3. The third kappa shape index (κ3) is 3.83. The van der Waals surface area contributed by atoms with Crippen molar-refractivity contribution >= 4 is 5.97 Å². The van der Waals surface area contributed by atoms with Crippen LogP contribution in [-0.2, 0) is 9.53 Å². The fourth-order valence-corrected chi connectivity index (χ4v) is 3.10. The van der Waals surface area contributed by atoms with Crippen LogP contribution in [0.25, 0.3) is 0 Å². The third-order valence-corrected chi connectivity index (χ3v) is 4.56. The SMILES string of the molecule is CCC1(CC)CC(NC(C(=O)O)c2ccccc2)CCO1. The van der Waals surface area contributed by atoms with Gasteiger partial charge in [-0.25, -0.2) is 0 Å². The fourth-order valence-electron chi connectivity index (χ4n) is 3.10. The molecule has 2 N–H and O–H groups in total. The standard InChI is InChI=1S/C17H25NO3/c1-3-17(4-2)12-14(10-11-21-17)18-15(16(19)20)13-8-6-5-7-9-13/h5-9,14-15,18H,3-4,10-12H2,1-2H3,(H,19,20). The lowest BCUT2D eigenvalue weighted by Crippen LogP contribution is -2.48. The molecule has 1 saturated heterocycles. The minimum atomic E-state index is -0.828. The Bertz CT molecular complexity index is 456. The van der Waals surface area contributed by atoms with Crippen molar-refractivity contribution in [1.29, 1.82) is 0 Å². The van der Waals surface area contributed by atoms with Gasteiger partial charge in [-0.2, -0.15) is 0 Å². The van der Waals surface area contributed by atoms with Gasteiger partial charge in [0.25, 0.3) is 0 Å². The summed E-state index contributed by atoms with van der Waals surface area (Å²) < 4.78 is 5.95. The van der Waals surface area contributed by atoms with Gasteiger partial charge in [-0.3, -0.25) is 10.1 Å². The van der Waals surface area contributed by atoms with Gasteiger partial charge in [0, 0.05) is 12.6 Å². The molecule has 21 heavy (non-hydrogen) atoms. The van der Waals surface area contributed by atoms with E-state index in [1.54, 1.807) is 0 Å². The summed E-state index contributed by atoms with van der Waals surface area (Å²) in [6.45, 7) is 4.97. The Morgan fingerprint density at radius 1 is 1.38 bits per heavy atom. The number of carboxylic acid groups (broad SMARTS) is 1. The molecule has 1 aromatic carbocycles. The quantitative estimate of drug-likeness (QED) is 0.845. The summed E-state index contributed by atoms with van der Waals surface area (Å²) in [5, 5.41) is 12.8. The van der Waals surface area contributed by atoms with Crippen molar-refractivity contribution in [3.8, 4) is 0 Å². The van der Waals surface area contributed by atoms with E-state index in [2.05, 4.69) is 19.2 Å². The van der Waals surface area contributed by atoms with Crippen LogP contribution in [0.5, 0.6) is 0 Å². The zero-order valence-electron chi connectivity index (χ0n) is 12.8. The smallest absolute Gasteiger partial charge is 0.325 e. The maximum absolute atomic E-state index is 11.6. The lowest BCUT2D eigenvalue weighted by atomic mass is 9.85. The first-order chi connectivity index (χ1) is 10.1. The fraction of sp³-hybridized carbons (Fsp3) is 0.588. The lowest BCUT2D eigenvalue weighted by Gasteiger charge is -2.41. The van der Waals surface area contributed by atoms with Crippen LogP contribution in [0.2, 0.25) is 0 Å². The Labute approximate surface area is 126 Å². The average Bonchev–Trinajstić information content (AvgIpc) is 2.53. The van der Waals surface area contributed by atoms with E-state index in [-0.39, 0.29) is 11.6 Å². The molecule has 116 valence electrons. The molecule has 0 radical (unpaired) electrons. The number of carbonyl (C=O) groups is 1. The van der Waals surface area contributed by atoms with Crippen molar-refractivity contribution in [3.05, 3.63) is 35.9 Å². The first-order valence-corrected chi connectivity index (χ1v) is 7.78. The number of aliphatic carboxylic acids is 1. The van der Waals surface area contributed by atoms with E-state index in [1.807, 2.05) is 30.3 Å². The van der Waals surface area contributed by atoms with Crippen LogP contribution in [-0.4, -0.2) is 29.3 Å². The summed E-state index contributed by atoms with van der Waals surface area (Å²) in [6, 6.07) is 8.89. The van der Waals surface area contributed by atoms with Crippen molar-refractivity contribution in [3.63, 3.8) is 0 Å². The number of rotatable bonds is 6. The van der Waals surface area contributed by atoms with Gasteiger partial charge >= 0.3 is 5.97 Å². The van der Waals surface area contributed by atoms with Gasteiger partial charge in [0.1, 0.15) is 6.04 Å². The van der Waals surface area contributed by atoms with Crippen LogP contribution in [0.3, 0.4) is 0 Å². The van der Waals surface area contributed by atoms with E-state index in [9.17, 15) is 9.90 Å². The van der Waals surface area contributed by atoms with Crippen LogP contribution in [0.4, 0.5) is 0 Å². The predicted octanol–water partition coefficient (Wildman–Crippen LogP) is 3.14. The molecule has 2 rings (SSSR count). The van der Waals surface area contributed by atoms with Crippen LogP contribution in [0.1, 0.15) is 51.1 Å². The van der Waals surface area contributed by atoms with Gasteiger partial charge in [0.15, 0.2) is 0 Å². The number of hydrogen-bond donors (Lipinski definition) is 2. The van der Waals surface area contributed by atoms with Crippen LogP contribution < -0.4 is 5.32 Å². The second-order valence-electron chi connectivity index (χ2n) is 5.78. The molecule has 2 unspecified atom stereocenters. The van der Waals surface area contributed by atoms with Gasteiger partial charge in [-0.15, -0.1) is 0 Å². The van der Waals surface area contributed by atoms with Crippen molar-refractivity contribution in [2.45, 2.75) is 57.2 Å². The Kier molecular flexibility index (Phi) is 5.37. The van der Waals surface area contributed by atoms with E-state index in [0.29, 0.717) is 6.61 Å². The zero-order chi connectivity index (χ0) is 15.3. The molecule has 4 heteroatoms. The second kappa shape index (κ2) is 7.05. The van der Waals surface area contributed by atoms with E-state index in [1.165, 1.54) is 0 Å². The van der Waals surface area contributed by atoms with Crippen LogP contribution in [0, 0.1) is 0 Å². The number of benzene rings is 1. The van der Waals surface area contributed by atoms with Crippen molar-refractivity contribution in [2.24, 2.45) is 0 Å². The molecule has 0 aliphatic carbocycles. The summed E-state index contributed by atoms with van der Waals surface area (Å²) in [4.78, 5) is 11.6. The Balaban J connectivity index is 2.09. The molecular weight excluding hydrogens is 266 g/mol. The topological polar surface area (TPSA) is 58.6 Å². The number of carboxylic acids is 1. The Morgan fingerprint density at radius 2 is 2.05 bits per heavy atom. The van der Waals surface area contributed by atoms with E-state index < -0.39 is 12.0 Å². The maximum Gasteiger partial charge on any atom is 0.325 e. The average molecular weight is 291 g/mol. The highest BCUT2D eigenvalue weighted by atomic mass is 16.5. The molecule has 0 bridgehead atoms. The van der Waals surface area contributed by atoms with Gasteiger partial charge in [-0.05, 0) is 31.2 Å². The predicted molar refractivity (Wildman–Crippen MR) is 82.2 cm³/mol. The molecule has 0 aromatic heterocycles. The molecule has 1 heterocycles. The largest absolute Gasteiger partial charge is 0.480 e. The minimum absolute atomic E-state index is 0.102. The van der Waals surface area contributed by atoms with Crippen molar-refractivity contribution in [2.75, 3.05) is 6.61 Å². The molecule has 1 aliphatic heterocycles. The summed E-state index contributed by atoms with van der Waals surface area (Å²) in [5.74, 6) is -0.828. The minimum Gasteiger partial charge on any atom is -0.480 e.